The van der Waals surface area contributed by atoms with Crippen molar-refractivity contribution in [3.8, 4) is 11.4 Å². The summed E-state index contributed by atoms with van der Waals surface area (Å²) in [7, 11) is 3.63. The lowest BCUT2D eigenvalue weighted by Gasteiger charge is -2.35. The second kappa shape index (κ2) is 16.8. The molecule has 49 heavy (non-hydrogen) atoms. The van der Waals surface area contributed by atoms with E-state index in [0.29, 0.717) is 35.1 Å². The average molecular weight is 678 g/mol. The molecule has 4 amide bonds. The summed E-state index contributed by atoms with van der Waals surface area (Å²) in [5.74, 6) is -0.767. The molecule has 1 saturated heterocycles. The van der Waals surface area contributed by atoms with Crippen LogP contribution in [0, 0.1) is 5.41 Å². The number of β-amino-alcohol motifs (C(OH)–C–C–N with tert-alkyl or cyclic N) is 1. The number of aromatic nitrogens is 3. The van der Waals surface area contributed by atoms with Crippen LogP contribution in [0.2, 0.25) is 0 Å². The van der Waals surface area contributed by atoms with Crippen molar-refractivity contribution >= 4 is 48.1 Å². The van der Waals surface area contributed by atoms with Crippen molar-refractivity contribution in [3.63, 3.8) is 0 Å². The van der Waals surface area contributed by atoms with Crippen LogP contribution in [0.5, 0.6) is 0 Å². The highest BCUT2D eigenvalue weighted by Crippen LogP contribution is 2.33. The van der Waals surface area contributed by atoms with Crippen molar-refractivity contribution < 1.29 is 29.0 Å². The van der Waals surface area contributed by atoms with Gasteiger partial charge in [0.1, 0.15) is 48.8 Å². The third-order valence-electron chi connectivity index (χ3n) is 8.00. The van der Waals surface area contributed by atoms with Gasteiger partial charge >= 0.3 is 0 Å². The molecule has 1 aliphatic heterocycles. The normalized spacial score (nSPS) is 17.3. The van der Waals surface area contributed by atoms with Crippen LogP contribution in [0.15, 0.2) is 54.7 Å². The predicted octanol–water partition coefficient (Wildman–Crippen LogP) is 1.46. The van der Waals surface area contributed by atoms with Gasteiger partial charge in [-0.1, -0.05) is 52.2 Å². The molecule has 15 heteroatoms. The third-order valence-corrected chi connectivity index (χ3v) is 8.00. The van der Waals surface area contributed by atoms with Crippen LogP contribution >= 0.6 is 0 Å². The molecule has 1 aliphatic rings. The number of allylic oxidation sites excluding steroid dienone is 2. The first-order chi connectivity index (χ1) is 23.1. The van der Waals surface area contributed by atoms with Crippen molar-refractivity contribution in [1.29, 1.82) is 0 Å². The molecule has 0 spiro atoms. The number of pyridine rings is 1. The number of nitrogens with two attached hydrogens (primary N) is 1. The summed E-state index contributed by atoms with van der Waals surface area (Å²) in [5.41, 5.74) is 5.93. The summed E-state index contributed by atoms with van der Waals surface area (Å²) in [4.78, 5) is 67.4. The molecule has 3 heterocycles. The molecular formula is C34H47N9O6. The molecule has 0 aromatic carbocycles. The van der Waals surface area contributed by atoms with Crippen LogP contribution < -0.4 is 21.3 Å². The number of hydrogen-bond donors (Lipinski definition) is 4. The fraction of sp³-hybridized carbons (Fsp3) is 0.441. The number of hydrogen-bond acceptors (Lipinski definition) is 10. The molecule has 0 radical (unpaired) electrons. The zero-order chi connectivity index (χ0) is 36.5. The maximum Gasteiger partial charge on any atom is 0.247 e. The number of aliphatic hydroxyl groups excluding tert-OH is 1. The van der Waals surface area contributed by atoms with Crippen LogP contribution in [-0.2, 0) is 31.0 Å². The van der Waals surface area contributed by atoms with Crippen LogP contribution in [0.3, 0.4) is 0 Å². The summed E-state index contributed by atoms with van der Waals surface area (Å²) >= 11 is 0. The van der Waals surface area contributed by atoms with Gasteiger partial charge in [-0.2, -0.15) is 0 Å². The lowest BCUT2D eigenvalue weighted by molar-refractivity contribution is -0.144. The van der Waals surface area contributed by atoms with E-state index in [0.717, 1.165) is 0 Å². The highest BCUT2D eigenvalue weighted by molar-refractivity contribution is 5.93. The Kier molecular flexibility index (Phi) is 13.1. The van der Waals surface area contributed by atoms with Gasteiger partial charge in [-0.25, -0.2) is 15.0 Å². The molecule has 3 rings (SSSR count). The average Bonchev–Trinajstić information content (AvgIpc) is 3.61. The minimum Gasteiger partial charge on any atom is -0.391 e. The first kappa shape index (κ1) is 38.3. The van der Waals surface area contributed by atoms with Crippen LogP contribution in [0.4, 0.5) is 11.6 Å². The van der Waals surface area contributed by atoms with E-state index < -0.39 is 66.6 Å². The van der Waals surface area contributed by atoms with Crippen molar-refractivity contribution in [3.05, 3.63) is 55.4 Å². The van der Waals surface area contributed by atoms with Gasteiger partial charge in [0.15, 0.2) is 5.82 Å². The Hall–Kier alpha value is -5.15. The van der Waals surface area contributed by atoms with E-state index in [1.54, 1.807) is 58.3 Å². The Morgan fingerprint density at radius 3 is 2.49 bits per heavy atom. The zero-order valence-corrected chi connectivity index (χ0v) is 28.8. The number of carbonyl (C=O) groups excluding carboxylic acids is 4. The van der Waals surface area contributed by atoms with Crippen molar-refractivity contribution in [2.75, 3.05) is 31.7 Å². The fourth-order valence-electron chi connectivity index (χ4n) is 5.58. The number of primary amides is 1. The van der Waals surface area contributed by atoms with Gasteiger partial charge < -0.3 is 40.6 Å². The first-order valence-corrected chi connectivity index (χ1v) is 15.7. The summed E-state index contributed by atoms with van der Waals surface area (Å²) in [6, 6.07) is 1.59. The van der Waals surface area contributed by atoms with Gasteiger partial charge in [-0.05, 0) is 30.3 Å². The molecule has 15 nitrogen and oxygen atoms in total. The molecule has 0 aliphatic carbocycles. The van der Waals surface area contributed by atoms with Gasteiger partial charge in [0.05, 0.1) is 11.7 Å². The number of imidazole rings is 1. The van der Waals surface area contributed by atoms with E-state index >= 15 is 0 Å². The largest absolute Gasteiger partial charge is 0.391 e. The van der Waals surface area contributed by atoms with E-state index in [1.165, 1.54) is 4.90 Å². The maximum absolute atomic E-state index is 13.4. The molecule has 1 fully saturated rings. The molecular weight excluding hydrogens is 630 g/mol. The molecule has 2 aromatic rings. The van der Waals surface area contributed by atoms with Gasteiger partial charge in [-0.15, -0.1) is 0 Å². The quantitative estimate of drug-likeness (QED) is 0.115. The number of nitrogens with one attached hydrogen (secondary N) is 2. The Balaban J connectivity index is 1.71. The van der Waals surface area contributed by atoms with Crippen molar-refractivity contribution in [2.24, 2.45) is 23.2 Å². The Labute approximate surface area is 286 Å². The number of likely N-dealkylation sites (tertiary alicyclic amines) is 1. The number of carbonyl (C=O) groups is 4. The number of rotatable bonds is 16. The number of ether oxygens (including phenoxy) is 1. The highest BCUT2D eigenvalue weighted by atomic mass is 16.5. The summed E-state index contributed by atoms with van der Waals surface area (Å²) in [6.45, 7) is 15.5. The minimum absolute atomic E-state index is 0.0263. The topological polar surface area (TPSA) is 197 Å². The number of nitrogens with zero attached hydrogens (tertiary/aromatic N) is 6. The zero-order valence-electron chi connectivity index (χ0n) is 28.8. The number of amides is 4. The standard InChI is InChI=1S/C34H47N9O6/c1-9-11-12-15-25(41(7)32-23(10-2)38-31(42(32)8)22-14-13-16-37-30(22)36-6)39-26(45)19-49-20-27(46)40-28(34(3,4)5)33(48)43-18-21(44)17-24(43)29(35)47/h9-14,16,21,24-25,28,44H,1-2,6,15,17-20H2,3-5,7-8H3,(H2,35,47)(H,39,45)(H,40,46)/b12-11-/t21-,24+,25?,28-/m1/s1. The van der Waals surface area contributed by atoms with E-state index in [2.05, 4.69) is 40.5 Å². The molecule has 5 N–H and O–H groups in total. The summed E-state index contributed by atoms with van der Waals surface area (Å²) in [6.07, 6.45) is 7.39. The molecule has 0 saturated carbocycles. The van der Waals surface area contributed by atoms with Crippen LogP contribution in [0.1, 0.15) is 39.3 Å². The maximum atomic E-state index is 13.4. The fourth-order valence-corrected chi connectivity index (χ4v) is 5.58. The second-order valence-corrected chi connectivity index (χ2v) is 12.7. The molecule has 264 valence electrons. The van der Waals surface area contributed by atoms with Crippen molar-refractivity contribution in [1.82, 2.24) is 30.1 Å². The smallest absolute Gasteiger partial charge is 0.247 e. The Morgan fingerprint density at radius 1 is 1.22 bits per heavy atom. The lowest BCUT2D eigenvalue weighted by Crippen LogP contribution is -2.58. The van der Waals surface area contributed by atoms with E-state index in [9.17, 15) is 24.3 Å². The van der Waals surface area contributed by atoms with Crippen LogP contribution in [0.25, 0.3) is 17.5 Å². The lowest BCUT2D eigenvalue weighted by atomic mass is 9.85. The molecule has 2 aromatic heterocycles. The Morgan fingerprint density at radius 2 is 1.90 bits per heavy atom. The van der Waals surface area contributed by atoms with Crippen LogP contribution in [-0.4, -0.2) is 106 Å². The Bertz CT molecular complexity index is 1590. The van der Waals surface area contributed by atoms with E-state index in [-0.39, 0.29) is 13.0 Å². The molecule has 1 unspecified atom stereocenters. The number of anilines is 1. The van der Waals surface area contributed by atoms with E-state index in [1.807, 2.05) is 28.7 Å². The van der Waals surface area contributed by atoms with Gasteiger partial charge in [0, 0.05) is 39.7 Å². The second-order valence-electron chi connectivity index (χ2n) is 12.7. The monoisotopic (exact) mass is 677 g/mol. The van der Waals surface area contributed by atoms with Crippen molar-refractivity contribution in [2.45, 2.75) is 58.0 Å². The summed E-state index contributed by atoms with van der Waals surface area (Å²) < 4.78 is 7.30. The van der Waals surface area contributed by atoms with E-state index in [4.69, 9.17) is 15.5 Å². The van der Waals surface area contributed by atoms with Gasteiger partial charge in [0.25, 0.3) is 0 Å². The number of aliphatic hydroxyl groups is 1. The number of aliphatic imine (C=N–C) groups is 1. The van der Waals surface area contributed by atoms with Gasteiger partial charge in [0.2, 0.25) is 23.6 Å². The summed E-state index contributed by atoms with van der Waals surface area (Å²) in [5, 5.41) is 15.7. The first-order valence-electron chi connectivity index (χ1n) is 15.7. The molecule has 4 atom stereocenters. The SMILES string of the molecule is C=C/C=C\CC(NC(=O)COCC(=O)N[C@H](C(=O)N1C[C@H](O)C[C@H]1C(N)=O)C(C)(C)C)N(C)c1c(C=C)nc(-c2cccnc2N=C)n1C. The highest BCUT2D eigenvalue weighted by Gasteiger charge is 2.43. The minimum atomic E-state index is -1.05. The van der Waals surface area contributed by atoms with Gasteiger partial charge in [-0.3, -0.25) is 19.2 Å². The third kappa shape index (κ3) is 9.48. The molecule has 0 bridgehead atoms. The predicted molar refractivity (Wildman–Crippen MR) is 188 cm³/mol.